The van der Waals surface area contributed by atoms with E-state index < -0.39 is 5.91 Å². The fraction of sp³-hybridized carbons (Fsp3) is 0.143. The van der Waals surface area contributed by atoms with E-state index in [0.717, 1.165) is 28.2 Å². The molecule has 3 rings (SSSR count). The number of aryl methyl sites for hydroxylation is 2. The van der Waals surface area contributed by atoms with Crippen LogP contribution in [0.4, 0.5) is 0 Å². The number of aromatic nitrogens is 1. The zero-order chi connectivity index (χ0) is 20.4. The van der Waals surface area contributed by atoms with Crippen LogP contribution in [0.15, 0.2) is 47.6 Å². The Kier molecular flexibility index (Phi) is 6.14. The van der Waals surface area contributed by atoms with Gasteiger partial charge in [0.25, 0.3) is 5.91 Å². The van der Waals surface area contributed by atoms with Crippen molar-refractivity contribution in [1.29, 1.82) is 0 Å². The fourth-order valence-corrected chi connectivity index (χ4v) is 3.67. The Bertz CT molecular complexity index is 1090. The molecule has 3 aromatic rings. The topological polar surface area (TPSA) is 46.4 Å². The van der Waals surface area contributed by atoms with Gasteiger partial charge in [0.15, 0.2) is 0 Å². The maximum atomic E-state index is 12.3. The molecule has 7 heteroatoms. The van der Waals surface area contributed by atoms with Crippen LogP contribution in [0.25, 0.3) is 5.69 Å². The summed E-state index contributed by atoms with van der Waals surface area (Å²) in [7, 11) is 0. The van der Waals surface area contributed by atoms with Gasteiger partial charge in [0.1, 0.15) is 0 Å². The van der Waals surface area contributed by atoms with Crippen LogP contribution in [0.2, 0.25) is 15.1 Å². The number of hydrazone groups is 1. The van der Waals surface area contributed by atoms with Crippen LogP contribution in [0.1, 0.15) is 32.9 Å². The molecule has 1 heterocycles. The third-order valence-corrected chi connectivity index (χ3v) is 5.21. The highest BCUT2D eigenvalue weighted by Crippen LogP contribution is 2.25. The van der Waals surface area contributed by atoms with Gasteiger partial charge in [-0.25, -0.2) is 5.43 Å². The lowest BCUT2D eigenvalue weighted by atomic mass is 10.2. The number of benzene rings is 2. The van der Waals surface area contributed by atoms with Crippen molar-refractivity contribution in [2.24, 2.45) is 5.10 Å². The van der Waals surface area contributed by atoms with Crippen LogP contribution in [-0.2, 0) is 0 Å². The molecule has 0 atom stereocenters. The molecule has 0 radical (unpaired) electrons. The SMILES string of the molecule is Cc1ccc(Cl)cc1-n1c(C)cc(/C=N\NC(=O)c2ccc(Cl)cc2Cl)c1C. The molecule has 0 bridgehead atoms. The highest BCUT2D eigenvalue weighted by molar-refractivity contribution is 6.36. The summed E-state index contributed by atoms with van der Waals surface area (Å²) in [5.41, 5.74) is 7.85. The van der Waals surface area contributed by atoms with E-state index >= 15 is 0 Å². The second-order valence-electron chi connectivity index (χ2n) is 6.42. The maximum Gasteiger partial charge on any atom is 0.272 e. The minimum Gasteiger partial charge on any atom is -0.318 e. The average molecular weight is 435 g/mol. The molecule has 4 nitrogen and oxygen atoms in total. The van der Waals surface area contributed by atoms with E-state index in [2.05, 4.69) is 15.1 Å². The molecule has 2 aromatic carbocycles. The van der Waals surface area contributed by atoms with Gasteiger partial charge in [0.05, 0.1) is 16.8 Å². The van der Waals surface area contributed by atoms with Gasteiger partial charge in [-0.3, -0.25) is 4.79 Å². The zero-order valence-electron chi connectivity index (χ0n) is 15.6. The van der Waals surface area contributed by atoms with Crippen LogP contribution < -0.4 is 5.43 Å². The fourth-order valence-electron chi connectivity index (χ4n) is 3.01. The number of amides is 1. The number of rotatable bonds is 4. The lowest BCUT2D eigenvalue weighted by molar-refractivity contribution is 0.0955. The molecule has 0 fully saturated rings. The molecule has 28 heavy (non-hydrogen) atoms. The summed E-state index contributed by atoms with van der Waals surface area (Å²) in [6, 6.07) is 12.5. The third-order valence-electron chi connectivity index (χ3n) is 4.43. The summed E-state index contributed by atoms with van der Waals surface area (Å²) >= 11 is 18.1. The third kappa shape index (κ3) is 4.25. The predicted octanol–water partition coefficient (Wildman–Crippen LogP) is 6.13. The average Bonchev–Trinajstić information content (AvgIpc) is 2.90. The van der Waals surface area contributed by atoms with Crippen LogP contribution in [0.3, 0.4) is 0 Å². The van der Waals surface area contributed by atoms with Crippen molar-refractivity contribution < 1.29 is 4.79 Å². The lowest BCUT2D eigenvalue weighted by Crippen LogP contribution is -2.18. The van der Waals surface area contributed by atoms with Crippen LogP contribution in [-0.4, -0.2) is 16.7 Å². The zero-order valence-corrected chi connectivity index (χ0v) is 17.8. The molecule has 0 spiro atoms. The Balaban J connectivity index is 1.84. The minimum atomic E-state index is -0.405. The summed E-state index contributed by atoms with van der Waals surface area (Å²) < 4.78 is 2.11. The first-order valence-electron chi connectivity index (χ1n) is 8.52. The van der Waals surface area contributed by atoms with Crippen molar-refractivity contribution in [3.8, 4) is 5.69 Å². The van der Waals surface area contributed by atoms with Gasteiger partial charge in [0, 0.05) is 32.7 Å². The summed E-state index contributed by atoms with van der Waals surface area (Å²) in [5.74, 6) is -0.405. The Morgan fingerprint density at radius 1 is 1.00 bits per heavy atom. The van der Waals surface area contributed by atoms with Gasteiger partial charge in [-0.05, 0) is 62.7 Å². The molecule has 0 saturated heterocycles. The summed E-state index contributed by atoms with van der Waals surface area (Å²) in [6.45, 7) is 6.04. The summed E-state index contributed by atoms with van der Waals surface area (Å²) in [5, 5.41) is 5.49. The van der Waals surface area contributed by atoms with E-state index in [9.17, 15) is 4.79 Å². The molecular weight excluding hydrogens is 417 g/mol. The highest BCUT2D eigenvalue weighted by Gasteiger charge is 2.13. The molecule has 0 saturated carbocycles. The van der Waals surface area contributed by atoms with E-state index in [1.54, 1.807) is 18.3 Å². The maximum absolute atomic E-state index is 12.3. The Labute approximate surface area is 178 Å². The monoisotopic (exact) mass is 433 g/mol. The number of hydrogen-bond donors (Lipinski definition) is 1. The first-order chi connectivity index (χ1) is 13.3. The first-order valence-corrected chi connectivity index (χ1v) is 9.65. The number of carbonyl (C=O) groups is 1. The summed E-state index contributed by atoms with van der Waals surface area (Å²) in [4.78, 5) is 12.3. The summed E-state index contributed by atoms with van der Waals surface area (Å²) in [6.07, 6.45) is 1.61. The molecular formula is C21H18Cl3N3O. The molecule has 0 aliphatic heterocycles. The van der Waals surface area contributed by atoms with Crippen LogP contribution in [0.5, 0.6) is 0 Å². The van der Waals surface area contributed by atoms with E-state index in [1.165, 1.54) is 6.07 Å². The van der Waals surface area contributed by atoms with Crippen LogP contribution in [0, 0.1) is 20.8 Å². The molecule has 0 unspecified atom stereocenters. The largest absolute Gasteiger partial charge is 0.318 e. The second-order valence-corrected chi connectivity index (χ2v) is 7.70. The Morgan fingerprint density at radius 3 is 2.39 bits per heavy atom. The number of nitrogens with zero attached hydrogens (tertiary/aromatic N) is 2. The minimum absolute atomic E-state index is 0.273. The normalized spacial score (nSPS) is 11.2. The van der Waals surface area contributed by atoms with E-state index in [-0.39, 0.29) is 5.02 Å². The van der Waals surface area contributed by atoms with Crippen LogP contribution >= 0.6 is 34.8 Å². The molecule has 0 aliphatic rings. The standard InChI is InChI=1S/C21H18Cl3N3O/c1-12-4-5-17(23)10-20(12)27-13(2)8-15(14(27)3)11-25-26-21(28)18-7-6-16(22)9-19(18)24/h4-11H,1-3H3,(H,26,28)/b25-11-. The van der Waals surface area contributed by atoms with Crippen molar-refractivity contribution in [3.63, 3.8) is 0 Å². The predicted molar refractivity (Wildman–Crippen MR) is 117 cm³/mol. The van der Waals surface area contributed by atoms with E-state index in [0.29, 0.717) is 15.6 Å². The molecule has 0 aliphatic carbocycles. The highest BCUT2D eigenvalue weighted by atomic mass is 35.5. The quantitative estimate of drug-likeness (QED) is 0.390. The molecule has 144 valence electrons. The molecule has 1 amide bonds. The van der Waals surface area contributed by atoms with Gasteiger partial charge in [-0.1, -0.05) is 40.9 Å². The first kappa shape index (κ1) is 20.5. The number of halogens is 3. The Morgan fingerprint density at radius 2 is 1.68 bits per heavy atom. The van der Waals surface area contributed by atoms with Crippen molar-refractivity contribution in [2.75, 3.05) is 0 Å². The number of hydrogen-bond acceptors (Lipinski definition) is 2. The Hall–Kier alpha value is -2.27. The van der Waals surface area contributed by atoms with Crippen molar-refractivity contribution in [3.05, 3.63) is 85.6 Å². The smallest absolute Gasteiger partial charge is 0.272 e. The molecule has 1 N–H and O–H groups in total. The molecule has 1 aromatic heterocycles. The van der Waals surface area contributed by atoms with Gasteiger partial charge in [-0.15, -0.1) is 0 Å². The van der Waals surface area contributed by atoms with Crippen molar-refractivity contribution in [1.82, 2.24) is 9.99 Å². The second kappa shape index (κ2) is 8.39. The number of carbonyl (C=O) groups excluding carboxylic acids is 1. The lowest BCUT2D eigenvalue weighted by Gasteiger charge is -2.13. The number of nitrogens with one attached hydrogen (secondary N) is 1. The van der Waals surface area contributed by atoms with Crippen molar-refractivity contribution >= 4 is 46.9 Å². The van der Waals surface area contributed by atoms with Gasteiger partial charge in [-0.2, -0.15) is 5.10 Å². The van der Waals surface area contributed by atoms with Crippen molar-refractivity contribution in [2.45, 2.75) is 20.8 Å². The van der Waals surface area contributed by atoms with Gasteiger partial charge in [0.2, 0.25) is 0 Å². The van der Waals surface area contributed by atoms with Gasteiger partial charge < -0.3 is 4.57 Å². The van der Waals surface area contributed by atoms with E-state index in [4.69, 9.17) is 34.8 Å². The van der Waals surface area contributed by atoms with E-state index in [1.807, 2.05) is 45.0 Å². The van der Waals surface area contributed by atoms with Gasteiger partial charge >= 0.3 is 0 Å².